The number of hydrogen-bond donors (Lipinski definition) is 0. The highest BCUT2D eigenvalue weighted by atomic mass is 32.1. The Bertz CT molecular complexity index is 532. The van der Waals surface area contributed by atoms with Crippen molar-refractivity contribution in [2.24, 2.45) is 5.41 Å². The lowest BCUT2D eigenvalue weighted by molar-refractivity contribution is 0.0683. The topological polar surface area (TPSA) is 37.8 Å². The summed E-state index contributed by atoms with van der Waals surface area (Å²) in [6.07, 6.45) is 2.41. The first-order valence-electron chi connectivity index (χ1n) is 8.75. The van der Waals surface area contributed by atoms with Gasteiger partial charge in [0.2, 0.25) is 0 Å². The molecule has 0 amide bonds. The molecule has 3 saturated heterocycles. The molecule has 1 spiro atoms. The largest absolute Gasteiger partial charge is 0.380 e. The SMILES string of the molecule is Cc1nc(CN2CC[C@]3(COCCN([C@@H]4CCOC4)C3)C2)cs1. The molecule has 0 radical (unpaired) electrons. The molecule has 0 aliphatic carbocycles. The monoisotopic (exact) mass is 337 g/mol. The summed E-state index contributed by atoms with van der Waals surface area (Å²) in [5.41, 5.74) is 1.52. The van der Waals surface area contributed by atoms with Crippen molar-refractivity contribution in [1.82, 2.24) is 14.8 Å². The van der Waals surface area contributed by atoms with Crippen LogP contribution in [-0.2, 0) is 16.0 Å². The van der Waals surface area contributed by atoms with E-state index in [1.165, 1.54) is 23.5 Å². The summed E-state index contributed by atoms with van der Waals surface area (Å²) in [6, 6.07) is 0.601. The third-order valence-electron chi connectivity index (χ3n) is 5.46. The van der Waals surface area contributed by atoms with E-state index >= 15 is 0 Å². The van der Waals surface area contributed by atoms with Crippen molar-refractivity contribution in [2.45, 2.75) is 32.4 Å². The number of rotatable bonds is 3. The van der Waals surface area contributed by atoms with Crippen LogP contribution in [0, 0.1) is 12.3 Å². The summed E-state index contributed by atoms with van der Waals surface area (Å²) < 4.78 is 11.6. The highest BCUT2D eigenvalue weighted by Crippen LogP contribution is 2.35. The Morgan fingerprint density at radius 1 is 1.30 bits per heavy atom. The van der Waals surface area contributed by atoms with Crippen molar-refractivity contribution in [3.05, 3.63) is 16.1 Å². The molecule has 4 rings (SSSR count). The van der Waals surface area contributed by atoms with Crippen LogP contribution in [0.5, 0.6) is 0 Å². The van der Waals surface area contributed by atoms with E-state index in [1.54, 1.807) is 11.3 Å². The van der Waals surface area contributed by atoms with Crippen molar-refractivity contribution < 1.29 is 9.47 Å². The van der Waals surface area contributed by atoms with Gasteiger partial charge in [0.1, 0.15) is 0 Å². The van der Waals surface area contributed by atoms with E-state index in [9.17, 15) is 0 Å². The summed E-state index contributed by atoms with van der Waals surface area (Å²) in [4.78, 5) is 9.82. The van der Waals surface area contributed by atoms with Gasteiger partial charge in [0, 0.05) is 49.6 Å². The van der Waals surface area contributed by atoms with E-state index in [1.807, 2.05) is 0 Å². The van der Waals surface area contributed by atoms with Crippen LogP contribution in [0.1, 0.15) is 23.5 Å². The smallest absolute Gasteiger partial charge is 0.0897 e. The molecule has 1 aromatic heterocycles. The molecule has 6 heteroatoms. The molecule has 2 atom stereocenters. The van der Waals surface area contributed by atoms with Gasteiger partial charge in [0.05, 0.1) is 30.5 Å². The second kappa shape index (κ2) is 6.76. The van der Waals surface area contributed by atoms with Crippen LogP contribution in [0.15, 0.2) is 5.38 Å². The number of thiazole rings is 1. The van der Waals surface area contributed by atoms with Gasteiger partial charge in [0.25, 0.3) is 0 Å². The molecule has 3 aliphatic heterocycles. The quantitative estimate of drug-likeness (QED) is 0.840. The molecule has 4 heterocycles. The maximum absolute atomic E-state index is 6.00. The third kappa shape index (κ3) is 3.61. The molecule has 5 nitrogen and oxygen atoms in total. The number of hydrogen-bond acceptors (Lipinski definition) is 6. The number of aryl methyl sites for hydroxylation is 1. The minimum absolute atomic E-state index is 0.296. The molecular formula is C17H27N3O2S. The molecule has 0 bridgehead atoms. The molecule has 1 aromatic rings. The van der Waals surface area contributed by atoms with E-state index < -0.39 is 0 Å². The van der Waals surface area contributed by atoms with Crippen LogP contribution in [0.25, 0.3) is 0 Å². The van der Waals surface area contributed by atoms with Gasteiger partial charge in [-0.3, -0.25) is 9.80 Å². The molecule has 0 unspecified atom stereocenters. The molecule has 0 N–H and O–H groups in total. The molecule has 0 aromatic carbocycles. The summed E-state index contributed by atoms with van der Waals surface area (Å²) in [5.74, 6) is 0. The first-order valence-corrected chi connectivity index (χ1v) is 9.63. The van der Waals surface area contributed by atoms with Crippen molar-refractivity contribution in [3.8, 4) is 0 Å². The average Bonchev–Trinajstić information content (AvgIpc) is 3.23. The van der Waals surface area contributed by atoms with Crippen molar-refractivity contribution in [2.75, 3.05) is 52.6 Å². The molecule has 3 fully saturated rings. The number of likely N-dealkylation sites (tertiary alicyclic amines) is 1. The maximum Gasteiger partial charge on any atom is 0.0897 e. The van der Waals surface area contributed by atoms with Crippen LogP contribution >= 0.6 is 11.3 Å². The van der Waals surface area contributed by atoms with Crippen LogP contribution in [0.4, 0.5) is 0 Å². The lowest BCUT2D eigenvalue weighted by Gasteiger charge is -2.34. The maximum atomic E-state index is 6.00. The van der Waals surface area contributed by atoms with Crippen molar-refractivity contribution in [1.29, 1.82) is 0 Å². The van der Waals surface area contributed by atoms with E-state index in [-0.39, 0.29) is 0 Å². The van der Waals surface area contributed by atoms with Crippen molar-refractivity contribution in [3.63, 3.8) is 0 Å². The van der Waals surface area contributed by atoms with E-state index in [0.717, 1.165) is 59.2 Å². The molecule has 0 saturated carbocycles. The Morgan fingerprint density at radius 3 is 3.04 bits per heavy atom. The molecular weight excluding hydrogens is 310 g/mol. The van der Waals surface area contributed by atoms with Crippen LogP contribution < -0.4 is 0 Å². The highest BCUT2D eigenvalue weighted by Gasteiger charge is 2.42. The van der Waals surface area contributed by atoms with Gasteiger partial charge < -0.3 is 9.47 Å². The van der Waals surface area contributed by atoms with Crippen LogP contribution in [0.2, 0.25) is 0 Å². The lowest BCUT2D eigenvalue weighted by Crippen LogP contribution is -2.45. The van der Waals surface area contributed by atoms with E-state index in [0.29, 0.717) is 11.5 Å². The first-order chi connectivity index (χ1) is 11.2. The fourth-order valence-corrected chi connectivity index (χ4v) is 4.87. The molecule has 23 heavy (non-hydrogen) atoms. The highest BCUT2D eigenvalue weighted by molar-refractivity contribution is 7.09. The number of aromatic nitrogens is 1. The Labute approximate surface area is 142 Å². The summed E-state index contributed by atoms with van der Waals surface area (Å²) in [5, 5.41) is 3.37. The van der Waals surface area contributed by atoms with Gasteiger partial charge in [-0.25, -0.2) is 4.98 Å². The Balaban J connectivity index is 1.40. The lowest BCUT2D eigenvalue weighted by atomic mass is 9.87. The zero-order chi connectivity index (χ0) is 15.7. The fourth-order valence-electron chi connectivity index (χ4n) is 4.27. The zero-order valence-corrected chi connectivity index (χ0v) is 14.8. The van der Waals surface area contributed by atoms with Gasteiger partial charge in [-0.15, -0.1) is 11.3 Å². The van der Waals surface area contributed by atoms with Crippen molar-refractivity contribution >= 4 is 11.3 Å². The van der Waals surface area contributed by atoms with Gasteiger partial charge in [-0.05, 0) is 26.3 Å². The Morgan fingerprint density at radius 2 is 2.26 bits per heavy atom. The van der Waals surface area contributed by atoms with Crippen LogP contribution in [0.3, 0.4) is 0 Å². The summed E-state index contributed by atoms with van der Waals surface area (Å²) in [6.45, 7) is 11.2. The Kier molecular flexibility index (Phi) is 4.70. The average molecular weight is 337 g/mol. The molecule has 3 aliphatic rings. The third-order valence-corrected chi connectivity index (χ3v) is 6.28. The summed E-state index contributed by atoms with van der Waals surface area (Å²) >= 11 is 1.75. The van der Waals surface area contributed by atoms with Gasteiger partial charge in [-0.2, -0.15) is 0 Å². The standard InChI is InChI=1S/C17H27N3O2S/c1-14-18-15(10-23-14)8-19-4-3-17(11-19)12-20(5-7-22-13-17)16-2-6-21-9-16/h10,16H,2-9,11-13H2,1H3/t16-,17+/m1/s1. The predicted octanol–water partition coefficient (Wildman–Crippen LogP) is 1.76. The number of nitrogens with zero attached hydrogens (tertiary/aromatic N) is 3. The summed E-state index contributed by atoms with van der Waals surface area (Å²) in [7, 11) is 0. The minimum Gasteiger partial charge on any atom is -0.380 e. The van der Waals surface area contributed by atoms with E-state index in [2.05, 4.69) is 27.1 Å². The van der Waals surface area contributed by atoms with Gasteiger partial charge in [0.15, 0.2) is 0 Å². The van der Waals surface area contributed by atoms with Gasteiger partial charge >= 0.3 is 0 Å². The van der Waals surface area contributed by atoms with Crippen LogP contribution in [-0.4, -0.2) is 73.4 Å². The minimum atomic E-state index is 0.296. The van der Waals surface area contributed by atoms with E-state index in [4.69, 9.17) is 9.47 Å². The second-order valence-corrected chi connectivity index (χ2v) is 8.42. The predicted molar refractivity (Wildman–Crippen MR) is 90.8 cm³/mol. The Hall–Kier alpha value is -0.530. The normalized spacial score (nSPS) is 33.5. The number of ether oxygens (including phenoxy) is 2. The first kappa shape index (κ1) is 16.0. The zero-order valence-electron chi connectivity index (χ0n) is 14.0. The van der Waals surface area contributed by atoms with Gasteiger partial charge in [-0.1, -0.05) is 0 Å². The fraction of sp³-hybridized carbons (Fsp3) is 0.824. The second-order valence-electron chi connectivity index (χ2n) is 7.36. The molecule has 128 valence electrons.